The quantitative estimate of drug-likeness (QED) is 0.548. The number of hydrazone groups is 1. The molecule has 5 rings (SSSR count). The number of hydrogen-bond donors (Lipinski definition) is 0. The summed E-state index contributed by atoms with van der Waals surface area (Å²) in [5.41, 5.74) is 8.04. The number of rotatable bonds is 4. The average Bonchev–Trinajstić information content (AvgIpc) is 3.13. The van der Waals surface area contributed by atoms with Gasteiger partial charge in [0.25, 0.3) is 0 Å². The average molecular weight is 394 g/mol. The van der Waals surface area contributed by atoms with Crippen LogP contribution in [-0.2, 0) is 0 Å². The molecule has 1 aliphatic carbocycles. The van der Waals surface area contributed by atoms with Crippen LogP contribution in [0.2, 0.25) is 0 Å². The van der Waals surface area contributed by atoms with Crippen LogP contribution in [0.3, 0.4) is 0 Å². The molecule has 3 nitrogen and oxygen atoms in total. The van der Waals surface area contributed by atoms with Gasteiger partial charge in [0.2, 0.25) is 0 Å². The highest BCUT2D eigenvalue weighted by Gasteiger charge is 2.33. The lowest BCUT2D eigenvalue weighted by Crippen LogP contribution is -2.45. The van der Waals surface area contributed by atoms with Crippen molar-refractivity contribution in [2.24, 2.45) is 5.10 Å². The number of benzene rings is 3. The van der Waals surface area contributed by atoms with Crippen molar-refractivity contribution in [1.82, 2.24) is 9.91 Å². The Hall–Kier alpha value is -3.17. The van der Waals surface area contributed by atoms with E-state index in [1.165, 1.54) is 33.4 Å². The molecule has 150 valence electrons. The second-order valence-electron chi connectivity index (χ2n) is 8.11. The van der Waals surface area contributed by atoms with Crippen LogP contribution >= 0.6 is 0 Å². The first kappa shape index (κ1) is 18.8. The van der Waals surface area contributed by atoms with Gasteiger partial charge in [-0.05, 0) is 40.3 Å². The van der Waals surface area contributed by atoms with Crippen molar-refractivity contribution in [1.29, 1.82) is 0 Å². The van der Waals surface area contributed by atoms with Crippen LogP contribution in [0.5, 0.6) is 0 Å². The monoisotopic (exact) mass is 393 g/mol. The van der Waals surface area contributed by atoms with E-state index in [2.05, 4.69) is 95.7 Å². The summed E-state index contributed by atoms with van der Waals surface area (Å²) in [7, 11) is 0. The highest BCUT2D eigenvalue weighted by Crippen LogP contribution is 2.46. The van der Waals surface area contributed by atoms with Crippen molar-refractivity contribution in [3.05, 3.63) is 101 Å². The molecule has 3 heteroatoms. The summed E-state index contributed by atoms with van der Waals surface area (Å²) in [6.45, 7) is 6.06. The van der Waals surface area contributed by atoms with E-state index in [-0.39, 0.29) is 0 Å². The summed E-state index contributed by atoms with van der Waals surface area (Å²) in [5, 5.41) is 6.94. The van der Waals surface area contributed by atoms with E-state index in [1.54, 1.807) is 0 Å². The molecule has 30 heavy (non-hydrogen) atoms. The van der Waals surface area contributed by atoms with Gasteiger partial charge in [-0.15, -0.1) is 0 Å². The van der Waals surface area contributed by atoms with Crippen molar-refractivity contribution >= 4 is 12.3 Å². The Morgan fingerprint density at radius 2 is 1.33 bits per heavy atom. The van der Waals surface area contributed by atoms with E-state index >= 15 is 0 Å². The second kappa shape index (κ2) is 8.29. The van der Waals surface area contributed by atoms with Crippen LogP contribution in [0, 0.1) is 0 Å². The van der Waals surface area contributed by atoms with Crippen LogP contribution < -0.4 is 0 Å². The number of nitrogens with zero attached hydrogens (tertiary/aromatic N) is 3. The standard InChI is InChI=1S/C27H27N3/c1-21(19-22-9-3-2-4-10-22)20-28-30-17-15-29(16-18-30)27-25-13-7-5-11-23(25)24-12-6-8-14-26(24)27/h2-14,19-20,27H,15-18H2,1H3/b21-19+,28-20-. The summed E-state index contributed by atoms with van der Waals surface area (Å²) in [5.74, 6) is 0. The lowest BCUT2D eigenvalue weighted by Gasteiger charge is -2.37. The maximum absolute atomic E-state index is 4.74. The predicted octanol–water partition coefficient (Wildman–Crippen LogP) is 5.46. The molecular weight excluding hydrogens is 366 g/mol. The number of hydrogen-bond acceptors (Lipinski definition) is 3. The van der Waals surface area contributed by atoms with E-state index in [9.17, 15) is 0 Å². The van der Waals surface area contributed by atoms with Gasteiger partial charge in [0.15, 0.2) is 0 Å². The number of fused-ring (bicyclic) bond motifs is 3. The van der Waals surface area contributed by atoms with Gasteiger partial charge in [-0.1, -0.05) is 84.9 Å². The molecule has 0 bridgehead atoms. The molecule has 1 aliphatic heterocycles. The first-order valence-corrected chi connectivity index (χ1v) is 10.7. The molecule has 1 fully saturated rings. The van der Waals surface area contributed by atoms with Crippen molar-refractivity contribution in [2.45, 2.75) is 13.0 Å². The Morgan fingerprint density at radius 3 is 1.97 bits per heavy atom. The molecule has 0 aromatic heterocycles. The number of allylic oxidation sites excluding steroid dienone is 1. The topological polar surface area (TPSA) is 18.8 Å². The van der Waals surface area contributed by atoms with Crippen molar-refractivity contribution in [3.63, 3.8) is 0 Å². The third-order valence-electron chi connectivity index (χ3n) is 6.08. The van der Waals surface area contributed by atoms with Crippen molar-refractivity contribution < 1.29 is 0 Å². The minimum Gasteiger partial charge on any atom is -0.294 e. The molecule has 0 saturated carbocycles. The van der Waals surface area contributed by atoms with Crippen LogP contribution in [0.1, 0.15) is 29.7 Å². The maximum atomic E-state index is 4.74. The van der Waals surface area contributed by atoms with Gasteiger partial charge in [0, 0.05) is 32.4 Å². The Balaban J connectivity index is 1.27. The first-order chi connectivity index (χ1) is 14.8. The zero-order valence-corrected chi connectivity index (χ0v) is 17.4. The third kappa shape index (κ3) is 3.69. The molecule has 0 N–H and O–H groups in total. The normalized spacial score (nSPS) is 17.4. The highest BCUT2D eigenvalue weighted by molar-refractivity contribution is 5.84. The fraction of sp³-hybridized carbons (Fsp3) is 0.222. The Labute approximate surface area is 179 Å². The Bertz CT molecular complexity index is 1030. The zero-order chi connectivity index (χ0) is 20.3. The lowest BCUT2D eigenvalue weighted by atomic mass is 10.0. The molecule has 0 spiro atoms. The molecule has 1 saturated heterocycles. The van der Waals surface area contributed by atoms with Gasteiger partial charge in [-0.2, -0.15) is 5.10 Å². The van der Waals surface area contributed by atoms with Crippen molar-refractivity contribution in [2.75, 3.05) is 26.2 Å². The SMILES string of the molecule is CC(/C=N\N1CCN(C2c3ccccc3-c3ccccc32)CC1)=C\c1ccccc1. The minimum absolute atomic E-state index is 0.364. The molecule has 0 atom stereocenters. The summed E-state index contributed by atoms with van der Waals surface area (Å²) in [6.07, 6.45) is 4.16. The molecule has 0 unspecified atom stereocenters. The second-order valence-corrected chi connectivity index (χ2v) is 8.11. The van der Waals surface area contributed by atoms with E-state index < -0.39 is 0 Å². The van der Waals surface area contributed by atoms with Gasteiger partial charge in [-0.3, -0.25) is 9.91 Å². The van der Waals surface area contributed by atoms with Gasteiger partial charge >= 0.3 is 0 Å². The summed E-state index contributed by atoms with van der Waals surface area (Å²) in [4.78, 5) is 2.61. The molecule has 0 radical (unpaired) electrons. The van der Waals surface area contributed by atoms with Gasteiger partial charge in [0.1, 0.15) is 0 Å². The van der Waals surface area contributed by atoms with Gasteiger partial charge in [0.05, 0.1) is 6.04 Å². The summed E-state index contributed by atoms with van der Waals surface area (Å²) in [6, 6.07) is 28.5. The molecule has 2 aliphatic rings. The fourth-order valence-electron chi connectivity index (χ4n) is 4.63. The predicted molar refractivity (Wildman–Crippen MR) is 125 cm³/mol. The zero-order valence-electron chi connectivity index (χ0n) is 17.4. The van der Waals surface area contributed by atoms with Gasteiger partial charge in [-0.25, -0.2) is 0 Å². The maximum Gasteiger partial charge on any atom is 0.0615 e. The van der Waals surface area contributed by atoms with Crippen LogP contribution in [0.15, 0.2) is 89.5 Å². The summed E-state index contributed by atoms with van der Waals surface area (Å²) < 4.78 is 0. The Kier molecular flexibility index (Phi) is 5.20. The van der Waals surface area contributed by atoms with E-state index in [4.69, 9.17) is 5.10 Å². The Morgan fingerprint density at radius 1 is 0.767 bits per heavy atom. The molecule has 1 heterocycles. The lowest BCUT2D eigenvalue weighted by molar-refractivity contribution is 0.114. The van der Waals surface area contributed by atoms with Crippen LogP contribution in [0.4, 0.5) is 0 Å². The first-order valence-electron chi connectivity index (χ1n) is 10.7. The minimum atomic E-state index is 0.364. The number of piperazine rings is 1. The van der Waals surface area contributed by atoms with Crippen molar-refractivity contribution in [3.8, 4) is 11.1 Å². The summed E-state index contributed by atoms with van der Waals surface area (Å²) >= 11 is 0. The van der Waals surface area contributed by atoms with Gasteiger partial charge < -0.3 is 0 Å². The van der Waals surface area contributed by atoms with Crippen LogP contribution in [0.25, 0.3) is 17.2 Å². The van der Waals surface area contributed by atoms with E-state index in [1.807, 2.05) is 12.3 Å². The smallest absolute Gasteiger partial charge is 0.0615 e. The molecule has 3 aromatic rings. The molecular formula is C27H27N3. The highest BCUT2D eigenvalue weighted by atomic mass is 15.5. The third-order valence-corrected chi connectivity index (χ3v) is 6.08. The largest absolute Gasteiger partial charge is 0.294 e. The van der Waals surface area contributed by atoms with E-state index in [0.717, 1.165) is 26.2 Å². The molecule has 0 amide bonds. The van der Waals surface area contributed by atoms with E-state index in [0.29, 0.717) is 6.04 Å². The molecule has 3 aromatic carbocycles. The van der Waals surface area contributed by atoms with Crippen LogP contribution in [-0.4, -0.2) is 42.3 Å². The fourth-order valence-corrected chi connectivity index (χ4v) is 4.63.